The van der Waals surface area contributed by atoms with E-state index in [0.29, 0.717) is 10.9 Å². The van der Waals surface area contributed by atoms with Gasteiger partial charge in [0.2, 0.25) is 0 Å². The van der Waals surface area contributed by atoms with Crippen LogP contribution in [0.4, 0.5) is 5.69 Å². The molecule has 4 aromatic carbocycles. The molecule has 0 aliphatic rings. The van der Waals surface area contributed by atoms with Gasteiger partial charge in [-0.05, 0) is 60.4 Å². The number of hydrogen-bond donors (Lipinski definition) is 5. The summed E-state index contributed by atoms with van der Waals surface area (Å²) in [5.41, 5.74) is 23.4. The maximum absolute atomic E-state index is 11.6. The summed E-state index contributed by atoms with van der Waals surface area (Å²) < 4.78 is 1.84. The highest BCUT2D eigenvalue weighted by Gasteiger charge is 2.17. The fraction of sp³-hybridized carbons (Fsp3) is 0.0857. The summed E-state index contributed by atoms with van der Waals surface area (Å²) in [4.78, 5) is 23.1. The van der Waals surface area contributed by atoms with Crippen LogP contribution in [-0.4, -0.2) is 52.2 Å². The molecular formula is C35H30N12O2. The molecule has 4 aromatic heterocycles. The first-order valence-electron chi connectivity index (χ1n) is 15.1. The molecule has 0 radical (unpaired) electrons. The van der Waals surface area contributed by atoms with Crippen molar-refractivity contribution in [2.24, 2.45) is 18.6 Å². The van der Waals surface area contributed by atoms with Gasteiger partial charge in [-0.15, -0.1) is 20.4 Å². The van der Waals surface area contributed by atoms with Crippen molar-refractivity contribution in [2.75, 3.05) is 5.73 Å². The summed E-state index contributed by atoms with van der Waals surface area (Å²) in [6.07, 6.45) is 3.64. The minimum absolute atomic E-state index is 0.0101. The number of anilines is 1. The fourth-order valence-corrected chi connectivity index (χ4v) is 6.07. The Balaban J connectivity index is 0.000000154. The van der Waals surface area contributed by atoms with E-state index in [9.17, 15) is 9.59 Å². The maximum Gasteiger partial charge on any atom is 0.285 e. The number of carbonyl (C=O) groups excluding carboxylic acids is 2. The molecule has 49 heavy (non-hydrogen) atoms. The van der Waals surface area contributed by atoms with Gasteiger partial charge in [-0.1, -0.05) is 42.5 Å². The monoisotopic (exact) mass is 650 g/mol. The average molecular weight is 651 g/mol. The molecule has 0 atom stereocenters. The zero-order chi connectivity index (χ0) is 34.4. The van der Waals surface area contributed by atoms with Crippen LogP contribution in [0.2, 0.25) is 0 Å². The molecule has 0 aliphatic carbocycles. The fourth-order valence-electron chi connectivity index (χ4n) is 6.07. The Morgan fingerprint density at radius 2 is 1.65 bits per heavy atom. The van der Waals surface area contributed by atoms with Crippen molar-refractivity contribution >= 4 is 61.1 Å². The summed E-state index contributed by atoms with van der Waals surface area (Å²) in [5, 5.41) is 31.3. The van der Waals surface area contributed by atoms with E-state index in [2.05, 4.69) is 47.2 Å². The molecule has 0 bridgehead atoms. The van der Waals surface area contributed by atoms with Crippen LogP contribution in [0, 0.1) is 13.8 Å². The summed E-state index contributed by atoms with van der Waals surface area (Å²) in [7, 11) is 1.91. The zero-order valence-electron chi connectivity index (χ0n) is 26.7. The lowest BCUT2D eigenvalue weighted by molar-refractivity contribution is 0.0946. The number of nitrogens with zero attached hydrogens (tertiary/aromatic N) is 7. The number of amides is 2. The first-order chi connectivity index (χ1) is 23.7. The Labute approximate surface area is 278 Å². The van der Waals surface area contributed by atoms with E-state index in [4.69, 9.17) is 17.3 Å². The van der Waals surface area contributed by atoms with Crippen molar-refractivity contribution in [2.45, 2.75) is 13.8 Å². The third-order valence-electron chi connectivity index (χ3n) is 8.62. The van der Waals surface area contributed by atoms with E-state index in [1.165, 1.54) is 0 Å². The van der Waals surface area contributed by atoms with Crippen LogP contribution in [-0.2, 0) is 7.05 Å². The summed E-state index contributed by atoms with van der Waals surface area (Å²) >= 11 is 0. The van der Waals surface area contributed by atoms with Gasteiger partial charge < -0.3 is 11.5 Å². The number of aryl methyl sites for hydroxylation is 3. The SMILES string of the molecule is Cc1c(-c2cccc3c(N)c(C(N)=O)nnc23)ccc2c1cnn2C.Cc1ccc2cc(C(=O)NN)nnc2c1-c1ccc2[nH]ncc2c1. The molecule has 14 nitrogen and oxygen atoms in total. The summed E-state index contributed by atoms with van der Waals surface area (Å²) in [6, 6.07) is 21.4. The molecule has 0 aliphatic heterocycles. The highest BCUT2D eigenvalue weighted by Crippen LogP contribution is 2.35. The van der Waals surface area contributed by atoms with Crippen molar-refractivity contribution in [1.29, 1.82) is 0 Å². The number of rotatable bonds is 4. The van der Waals surface area contributed by atoms with E-state index in [1.807, 2.05) is 86.4 Å². The predicted octanol–water partition coefficient (Wildman–Crippen LogP) is 4.26. The Bertz CT molecular complexity index is 2610. The Morgan fingerprint density at radius 3 is 2.45 bits per heavy atom. The van der Waals surface area contributed by atoms with Crippen molar-refractivity contribution in [3.63, 3.8) is 0 Å². The van der Waals surface area contributed by atoms with Crippen LogP contribution in [0.1, 0.15) is 32.1 Å². The molecule has 0 unspecified atom stereocenters. The normalized spacial score (nSPS) is 11.2. The lowest BCUT2D eigenvalue weighted by Gasteiger charge is -2.11. The molecular weight excluding hydrogens is 620 g/mol. The van der Waals surface area contributed by atoms with Gasteiger partial charge in [0, 0.05) is 39.7 Å². The Hall–Kier alpha value is -6.80. The molecule has 14 heteroatoms. The number of H-pyrrole nitrogens is 1. The summed E-state index contributed by atoms with van der Waals surface area (Å²) in [6.45, 7) is 4.07. The third kappa shape index (κ3) is 5.31. The Morgan fingerprint density at radius 1 is 0.837 bits per heavy atom. The molecule has 8 N–H and O–H groups in total. The number of hydrazine groups is 1. The van der Waals surface area contributed by atoms with Crippen LogP contribution in [0.5, 0.6) is 0 Å². The van der Waals surface area contributed by atoms with Crippen molar-refractivity contribution in [3.8, 4) is 22.3 Å². The second-order valence-corrected chi connectivity index (χ2v) is 11.5. The quantitative estimate of drug-likeness (QED) is 0.103. The van der Waals surface area contributed by atoms with E-state index >= 15 is 0 Å². The van der Waals surface area contributed by atoms with Gasteiger partial charge in [0.25, 0.3) is 11.8 Å². The highest BCUT2D eigenvalue weighted by molar-refractivity contribution is 6.08. The van der Waals surface area contributed by atoms with Gasteiger partial charge in [0.1, 0.15) is 11.0 Å². The van der Waals surface area contributed by atoms with Crippen LogP contribution in [0.15, 0.2) is 79.1 Å². The maximum atomic E-state index is 11.6. The lowest BCUT2D eigenvalue weighted by atomic mass is 9.95. The number of primary amides is 1. The Kier molecular flexibility index (Phi) is 7.61. The van der Waals surface area contributed by atoms with Gasteiger partial charge >= 0.3 is 0 Å². The van der Waals surface area contributed by atoms with Gasteiger partial charge in [-0.3, -0.25) is 24.8 Å². The second-order valence-electron chi connectivity index (χ2n) is 11.5. The molecule has 0 saturated carbocycles. The first kappa shape index (κ1) is 30.8. The predicted molar refractivity (Wildman–Crippen MR) is 188 cm³/mol. The average Bonchev–Trinajstić information content (AvgIpc) is 3.74. The van der Waals surface area contributed by atoms with E-state index in [0.717, 1.165) is 66.1 Å². The van der Waals surface area contributed by atoms with Crippen LogP contribution in [0.25, 0.3) is 65.9 Å². The number of aromatic nitrogens is 8. The van der Waals surface area contributed by atoms with Crippen LogP contribution in [0.3, 0.4) is 0 Å². The van der Waals surface area contributed by atoms with Crippen LogP contribution < -0.4 is 22.7 Å². The molecule has 4 heterocycles. The largest absolute Gasteiger partial charge is 0.396 e. The lowest BCUT2D eigenvalue weighted by Crippen LogP contribution is -2.30. The highest BCUT2D eigenvalue weighted by atomic mass is 16.2. The van der Waals surface area contributed by atoms with Gasteiger partial charge in [-0.25, -0.2) is 5.84 Å². The summed E-state index contributed by atoms with van der Waals surface area (Å²) in [5.74, 6) is 4.00. The van der Waals surface area contributed by atoms with Crippen molar-refractivity contribution in [1.82, 2.24) is 45.8 Å². The minimum atomic E-state index is -0.690. The molecule has 8 aromatic rings. The molecule has 8 rings (SSSR count). The molecule has 0 fully saturated rings. The van der Waals surface area contributed by atoms with E-state index in [1.54, 1.807) is 12.3 Å². The second kappa shape index (κ2) is 12.1. The zero-order valence-corrected chi connectivity index (χ0v) is 26.7. The van der Waals surface area contributed by atoms with Gasteiger partial charge in [0.15, 0.2) is 11.4 Å². The molecule has 2 amide bonds. The van der Waals surface area contributed by atoms with Crippen molar-refractivity contribution in [3.05, 3.63) is 102 Å². The number of nitrogens with one attached hydrogen (secondary N) is 2. The number of carbonyl (C=O) groups is 2. The number of nitrogen functional groups attached to an aromatic ring is 2. The first-order valence-corrected chi connectivity index (χ1v) is 15.1. The molecule has 242 valence electrons. The molecule has 0 spiro atoms. The topological polar surface area (TPSA) is 222 Å². The van der Waals surface area contributed by atoms with E-state index < -0.39 is 11.8 Å². The minimum Gasteiger partial charge on any atom is -0.396 e. The number of benzene rings is 4. The van der Waals surface area contributed by atoms with Gasteiger partial charge in [-0.2, -0.15) is 10.2 Å². The van der Waals surface area contributed by atoms with Crippen LogP contribution >= 0.6 is 0 Å². The number of hydrogen-bond acceptors (Lipinski definition) is 10. The number of nitrogens with two attached hydrogens (primary N) is 3. The van der Waals surface area contributed by atoms with Crippen molar-refractivity contribution < 1.29 is 9.59 Å². The smallest absolute Gasteiger partial charge is 0.285 e. The molecule has 0 saturated heterocycles. The van der Waals surface area contributed by atoms with Gasteiger partial charge in [0.05, 0.1) is 29.1 Å². The van der Waals surface area contributed by atoms with E-state index in [-0.39, 0.29) is 17.1 Å². The number of fused-ring (bicyclic) bond motifs is 4. The number of aromatic amines is 1. The third-order valence-corrected chi connectivity index (χ3v) is 8.62. The standard InChI is InChI=1S/C18H16N6O.C17H14N6O/c1-9-10(6-7-14-13(9)8-21-24(14)2)11-4-3-5-12-15(19)17(18(20)25)23-22-16(11)12;1-9-2-3-11-7-14(17(24)20-18)22-23-16(11)15(9)10-4-5-13-12(6-10)8-19-21-13/h3-8H,1-2H3,(H2,19,22)(H2,20,25);2-8H,18H2,1H3,(H,19,21)(H,20,24).